The largest absolute Gasteiger partial charge is 0.497 e. The van der Waals surface area contributed by atoms with Crippen LogP contribution in [0, 0.1) is 0 Å². The van der Waals surface area contributed by atoms with E-state index in [2.05, 4.69) is 15.5 Å². The van der Waals surface area contributed by atoms with Crippen molar-refractivity contribution in [2.24, 2.45) is 0 Å². The summed E-state index contributed by atoms with van der Waals surface area (Å²) in [6.07, 6.45) is 1.65. The summed E-state index contributed by atoms with van der Waals surface area (Å²) in [5, 5.41) is 12.2. The lowest BCUT2D eigenvalue weighted by molar-refractivity contribution is -0.118. The van der Waals surface area contributed by atoms with Crippen molar-refractivity contribution < 1.29 is 13.9 Å². The van der Waals surface area contributed by atoms with Crippen molar-refractivity contribution in [2.45, 2.75) is 18.6 Å². The molecule has 0 unspecified atom stereocenters. The number of carbonyl (C=O) groups is 1. The van der Waals surface area contributed by atoms with E-state index >= 15 is 0 Å². The molecule has 1 N–H and O–H groups in total. The van der Waals surface area contributed by atoms with Crippen LogP contribution in [0.25, 0.3) is 11.4 Å². The molecule has 0 fully saturated rings. The second-order valence-electron chi connectivity index (χ2n) is 5.54. The highest BCUT2D eigenvalue weighted by atomic mass is 32.2. The zero-order valence-corrected chi connectivity index (χ0v) is 15.5. The molecule has 2 heterocycles. The van der Waals surface area contributed by atoms with E-state index in [-0.39, 0.29) is 5.91 Å². The van der Waals surface area contributed by atoms with Crippen LogP contribution in [0.2, 0.25) is 0 Å². The number of nitrogens with one attached hydrogen (secondary N) is 1. The molecule has 3 rings (SSSR count). The number of amides is 1. The summed E-state index contributed by atoms with van der Waals surface area (Å²) in [5.41, 5.74) is 0.914. The van der Waals surface area contributed by atoms with Crippen LogP contribution in [0.15, 0.2) is 52.2 Å². The first-order valence-electron chi connectivity index (χ1n) is 8.14. The van der Waals surface area contributed by atoms with E-state index < -0.39 is 0 Å². The second kappa shape index (κ2) is 8.57. The Morgan fingerprint density at radius 3 is 2.92 bits per heavy atom. The predicted molar refractivity (Wildman–Crippen MR) is 99.2 cm³/mol. The summed E-state index contributed by atoms with van der Waals surface area (Å²) >= 11 is 1.54. The Morgan fingerprint density at radius 2 is 2.19 bits per heavy atom. The van der Waals surface area contributed by atoms with Gasteiger partial charge in [0.1, 0.15) is 11.5 Å². The molecule has 1 amide bonds. The third-order valence-corrected chi connectivity index (χ3v) is 4.61. The van der Waals surface area contributed by atoms with Crippen molar-refractivity contribution in [2.75, 3.05) is 19.4 Å². The first-order valence-corrected chi connectivity index (χ1v) is 9.13. The number of nitrogens with zero attached hydrogens (tertiary/aromatic N) is 3. The highest BCUT2D eigenvalue weighted by Gasteiger charge is 2.16. The molecule has 0 radical (unpaired) electrons. The lowest BCUT2D eigenvalue weighted by Gasteiger charge is -2.10. The lowest BCUT2D eigenvalue weighted by atomic mass is 10.2. The van der Waals surface area contributed by atoms with E-state index in [1.54, 1.807) is 13.4 Å². The van der Waals surface area contributed by atoms with Crippen molar-refractivity contribution in [1.29, 1.82) is 0 Å². The fraction of sp³-hybridized carbons (Fsp3) is 0.278. The summed E-state index contributed by atoms with van der Waals surface area (Å²) in [7, 11) is 1.63. The van der Waals surface area contributed by atoms with Crippen molar-refractivity contribution in [1.82, 2.24) is 20.1 Å². The highest BCUT2D eigenvalue weighted by molar-refractivity contribution is 7.99. The van der Waals surface area contributed by atoms with Crippen LogP contribution < -0.4 is 10.1 Å². The molecular weight excluding hydrogens is 352 g/mol. The topological polar surface area (TPSA) is 82.2 Å². The molecule has 0 spiro atoms. The van der Waals surface area contributed by atoms with Gasteiger partial charge in [0.2, 0.25) is 5.91 Å². The van der Waals surface area contributed by atoms with Gasteiger partial charge in [-0.3, -0.25) is 9.36 Å². The summed E-state index contributed by atoms with van der Waals surface area (Å²) in [5.74, 6) is 2.98. The SMILES string of the molecule is COc1cccc(-c2nnc(SCCNC(C)=O)n2Cc2ccco2)c1. The van der Waals surface area contributed by atoms with Crippen LogP contribution >= 0.6 is 11.8 Å². The lowest BCUT2D eigenvalue weighted by Crippen LogP contribution is -2.22. The van der Waals surface area contributed by atoms with Gasteiger partial charge in [0.25, 0.3) is 0 Å². The van der Waals surface area contributed by atoms with Gasteiger partial charge in [0, 0.05) is 24.8 Å². The zero-order valence-electron chi connectivity index (χ0n) is 14.6. The number of furan rings is 1. The van der Waals surface area contributed by atoms with E-state index in [9.17, 15) is 4.79 Å². The normalized spacial score (nSPS) is 10.7. The van der Waals surface area contributed by atoms with Crippen molar-refractivity contribution in [3.63, 3.8) is 0 Å². The number of hydrogen-bond acceptors (Lipinski definition) is 6. The quantitative estimate of drug-likeness (QED) is 0.484. The fourth-order valence-electron chi connectivity index (χ4n) is 2.44. The molecule has 0 aliphatic heterocycles. The van der Waals surface area contributed by atoms with Gasteiger partial charge in [-0.05, 0) is 24.3 Å². The van der Waals surface area contributed by atoms with Gasteiger partial charge in [-0.15, -0.1) is 10.2 Å². The van der Waals surface area contributed by atoms with Gasteiger partial charge >= 0.3 is 0 Å². The van der Waals surface area contributed by atoms with Gasteiger partial charge in [0.05, 0.1) is 19.9 Å². The Labute approximate surface area is 155 Å². The Morgan fingerprint density at radius 1 is 1.31 bits per heavy atom. The molecule has 8 heteroatoms. The molecule has 0 aliphatic carbocycles. The van der Waals surface area contributed by atoms with E-state index in [1.807, 2.05) is 41.0 Å². The minimum absolute atomic E-state index is 0.0419. The molecular formula is C18H20N4O3S. The predicted octanol–water partition coefficient (Wildman–Crippen LogP) is 2.82. The summed E-state index contributed by atoms with van der Waals surface area (Å²) < 4.78 is 12.8. The maximum absolute atomic E-state index is 11.0. The van der Waals surface area contributed by atoms with Crippen LogP contribution in [0.1, 0.15) is 12.7 Å². The summed E-state index contributed by atoms with van der Waals surface area (Å²) in [6.45, 7) is 2.60. The van der Waals surface area contributed by atoms with Crippen LogP contribution in [-0.2, 0) is 11.3 Å². The summed E-state index contributed by atoms with van der Waals surface area (Å²) in [4.78, 5) is 11.0. The number of methoxy groups -OCH3 is 1. The van der Waals surface area contributed by atoms with Crippen molar-refractivity contribution in [3.8, 4) is 17.1 Å². The average Bonchev–Trinajstić information content (AvgIpc) is 3.29. The van der Waals surface area contributed by atoms with Crippen LogP contribution in [0.4, 0.5) is 0 Å². The van der Waals surface area contributed by atoms with Crippen molar-refractivity contribution in [3.05, 3.63) is 48.4 Å². The third-order valence-electron chi connectivity index (χ3n) is 3.65. The zero-order chi connectivity index (χ0) is 18.4. The van der Waals surface area contributed by atoms with Crippen LogP contribution in [-0.4, -0.2) is 40.1 Å². The highest BCUT2D eigenvalue weighted by Crippen LogP contribution is 2.27. The van der Waals surface area contributed by atoms with E-state index in [1.165, 1.54) is 18.7 Å². The number of benzene rings is 1. The maximum atomic E-state index is 11.0. The molecule has 0 saturated heterocycles. The molecule has 0 bridgehead atoms. The van der Waals surface area contributed by atoms with Gasteiger partial charge < -0.3 is 14.5 Å². The Bertz CT molecular complexity index is 861. The van der Waals surface area contributed by atoms with Gasteiger partial charge in [-0.2, -0.15) is 0 Å². The smallest absolute Gasteiger partial charge is 0.216 e. The Hall–Kier alpha value is -2.74. The minimum Gasteiger partial charge on any atom is -0.497 e. The second-order valence-corrected chi connectivity index (χ2v) is 6.60. The molecule has 2 aromatic heterocycles. The Balaban J connectivity index is 1.86. The molecule has 0 atom stereocenters. The number of ether oxygens (including phenoxy) is 1. The fourth-order valence-corrected chi connectivity index (χ4v) is 3.23. The standard InChI is InChI=1S/C18H20N4O3S/c1-13(23)19-8-10-26-18-21-20-17(14-5-3-6-15(11-14)24-2)22(18)12-16-7-4-9-25-16/h3-7,9,11H,8,10,12H2,1-2H3,(H,19,23). The van der Waals surface area contributed by atoms with E-state index in [0.29, 0.717) is 18.8 Å². The van der Waals surface area contributed by atoms with Crippen LogP contribution in [0.5, 0.6) is 5.75 Å². The Kier molecular flexibility index (Phi) is 5.96. The number of thioether (sulfide) groups is 1. The first kappa shape index (κ1) is 18.1. The van der Waals surface area contributed by atoms with Gasteiger partial charge in [0.15, 0.2) is 11.0 Å². The van der Waals surface area contributed by atoms with Gasteiger partial charge in [-0.25, -0.2) is 0 Å². The van der Waals surface area contributed by atoms with Crippen LogP contribution in [0.3, 0.4) is 0 Å². The average molecular weight is 372 g/mol. The van der Waals surface area contributed by atoms with E-state index in [0.717, 1.165) is 28.1 Å². The third kappa shape index (κ3) is 4.45. The molecule has 0 aliphatic rings. The number of hydrogen-bond donors (Lipinski definition) is 1. The number of rotatable bonds is 8. The summed E-state index contributed by atoms with van der Waals surface area (Å²) in [6, 6.07) is 11.5. The maximum Gasteiger partial charge on any atom is 0.216 e. The molecule has 3 aromatic rings. The van der Waals surface area contributed by atoms with Crippen molar-refractivity contribution >= 4 is 17.7 Å². The minimum atomic E-state index is -0.0419. The molecule has 26 heavy (non-hydrogen) atoms. The first-order chi connectivity index (χ1) is 12.7. The van der Waals surface area contributed by atoms with E-state index in [4.69, 9.17) is 9.15 Å². The van der Waals surface area contributed by atoms with Gasteiger partial charge in [-0.1, -0.05) is 23.9 Å². The number of aromatic nitrogens is 3. The molecule has 1 aromatic carbocycles. The molecule has 136 valence electrons. The monoisotopic (exact) mass is 372 g/mol. The number of carbonyl (C=O) groups excluding carboxylic acids is 1. The molecule has 7 nitrogen and oxygen atoms in total. The molecule has 0 saturated carbocycles.